The molecule has 0 spiro atoms. The largest absolute Gasteiger partial charge is 1.00 e. The summed E-state index contributed by atoms with van der Waals surface area (Å²) < 4.78 is 2.37. The van der Waals surface area contributed by atoms with E-state index in [0.717, 1.165) is 27.1 Å². The highest BCUT2D eigenvalue weighted by Gasteiger charge is 2.13. The second-order valence-corrected chi connectivity index (χ2v) is 7.08. The zero-order valence-corrected chi connectivity index (χ0v) is 16.1. The highest BCUT2D eigenvalue weighted by atomic mass is 35.5. The van der Waals surface area contributed by atoms with E-state index in [4.69, 9.17) is 0 Å². The quantitative estimate of drug-likeness (QED) is 0.600. The van der Waals surface area contributed by atoms with Gasteiger partial charge in [-0.2, -0.15) is 10.2 Å². The van der Waals surface area contributed by atoms with Crippen LogP contribution in [0.5, 0.6) is 0 Å². The van der Waals surface area contributed by atoms with Gasteiger partial charge in [0, 0.05) is 18.6 Å². The number of ketones is 1. The first-order valence-electron chi connectivity index (χ1n) is 8.12. The fourth-order valence-corrected chi connectivity index (χ4v) is 2.56. The van der Waals surface area contributed by atoms with Crippen LogP contribution in [0.15, 0.2) is 64.6 Å². The highest BCUT2D eigenvalue weighted by molar-refractivity contribution is 5.99. The zero-order chi connectivity index (χ0) is 18.0. The van der Waals surface area contributed by atoms with Crippen LogP contribution in [-0.4, -0.2) is 36.7 Å². The summed E-state index contributed by atoms with van der Waals surface area (Å²) in [6.45, 7) is 1.94. The van der Waals surface area contributed by atoms with Gasteiger partial charge in [0.1, 0.15) is 11.4 Å². The molecule has 136 valence electrons. The number of quaternary nitrogens is 1. The zero-order valence-electron chi connectivity index (χ0n) is 15.3. The Kier molecular flexibility index (Phi) is 5.90. The van der Waals surface area contributed by atoms with E-state index in [9.17, 15) is 4.79 Å². The van der Waals surface area contributed by atoms with Crippen molar-refractivity contribution >= 4 is 28.5 Å². The fourth-order valence-electron chi connectivity index (χ4n) is 2.56. The normalized spacial score (nSPS) is 14.8. The van der Waals surface area contributed by atoms with Gasteiger partial charge in [-0.05, 0) is 25.1 Å². The summed E-state index contributed by atoms with van der Waals surface area (Å²) in [5, 5.41) is 12.8. The van der Waals surface area contributed by atoms with Crippen molar-refractivity contribution in [3.63, 3.8) is 0 Å². The number of halogens is 1. The van der Waals surface area contributed by atoms with Crippen molar-refractivity contribution in [1.82, 2.24) is 14.3 Å². The molecule has 1 heterocycles. The predicted molar refractivity (Wildman–Crippen MR) is 100 cm³/mol. The summed E-state index contributed by atoms with van der Waals surface area (Å²) in [6, 6.07) is 7.98. The van der Waals surface area contributed by atoms with E-state index in [0.29, 0.717) is 12.1 Å². The van der Waals surface area contributed by atoms with Crippen LogP contribution in [0.3, 0.4) is 0 Å². The molecule has 0 bridgehead atoms. The van der Waals surface area contributed by atoms with E-state index < -0.39 is 0 Å². The predicted octanol–water partition coefficient (Wildman–Crippen LogP) is 1.26. The third kappa shape index (κ3) is 4.74. The van der Waals surface area contributed by atoms with Gasteiger partial charge in [-0.1, -0.05) is 11.6 Å². The van der Waals surface area contributed by atoms with Crippen LogP contribution >= 0.6 is 0 Å². The summed E-state index contributed by atoms with van der Waals surface area (Å²) in [5.74, 6) is 0.0887. The molecular formula is C19H22ClN5O. The third-order valence-corrected chi connectivity index (χ3v) is 3.88. The average molecular weight is 372 g/mol. The molecule has 0 unspecified atom stereocenters. The van der Waals surface area contributed by atoms with Crippen LogP contribution in [-0.2, 0) is 4.79 Å². The molecule has 0 aliphatic heterocycles. The molecule has 1 aliphatic rings. The van der Waals surface area contributed by atoms with Crippen LogP contribution in [0.1, 0.15) is 13.3 Å². The first-order valence-corrected chi connectivity index (χ1v) is 8.12. The molecule has 2 aromatic rings. The van der Waals surface area contributed by atoms with Crippen LogP contribution in [0.25, 0.3) is 5.70 Å². The minimum atomic E-state index is 0. The molecule has 3 rings (SSSR count). The maximum absolute atomic E-state index is 11.7. The van der Waals surface area contributed by atoms with Crippen molar-refractivity contribution < 1.29 is 17.2 Å². The smallest absolute Gasteiger partial charge is 0.161 e. The summed E-state index contributed by atoms with van der Waals surface area (Å²) >= 11 is 0. The lowest BCUT2D eigenvalue weighted by molar-refractivity contribution is -0.114. The lowest BCUT2D eigenvalue weighted by Crippen LogP contribution is -3.00. The second kappa shape index (κ2) is 7.76. The molecule has 0 radical (unpaired) electrons. The van der Waals surface area contributed by atoms with Crippen LogP contribution in [0.2, 0.25) is 0 Å². The van der Waals surface area contributed by atoms with Gasteiger partial charge in [0.2, 0.25) is 0 Å². The Labute approximate surface area is 159 Å². The number of carbonyl (C=O) groups is 1. The van der Waals surface area contributed by atoms with Crippen molar-refractivity contribution in [3.8, 4) is 0 Å². The number of rotatable bonds is 4. The van der Waals surface area contributed by atoms with E-state index >= 15 is 0 Å². The van der Waals surface area contributed by atoms with E-state index in [1.807, 2.05) is 31.2 Å². The first kappa shape index (κ1) is 19.8. The van der Waals surface area contributed by atoms with Gasteiger partial charge < -0.3 is 12.4 Å². The number of hydrogen-bond acceptors (Lipinski definition) is 4. The van der Waals surface area contributed by atoms with Gasteiger partial charge in [0.25, 0.3) is 0 Å². The Morgan fingerprint density at radius 2 is 1.85 bits per heavy atom. The Balaban J connectivity index is 0.00000243. The lowest BCUT2D eigenvalue weighted by Gasteiger charge is -2.23. The van der Waals surface area contributed by atoms with Gasteiger partial charge in [-0.15, -0.1) is 5.11 Å². The van der Waals surface area contributed by atoms with Crippen molar-refractivity contribution in [3.05, 3.63) is 54.4 Å². The number of hydrogen-bond donors (Lipinski definition) is 0. The van der Waals surface area contributed by atoms with Crippen LogP contribution in [0.4, 0.5) is 17.1 Å². The summed E-state index contributed by atoms with van der Waals surface area (Å²) in [5.41, 5.74) is 4.36. The molecule has 1 aromatic carbocycles. The van der Waals surface area contributed by atoms with Crippen molar-refractivity contribution in [2.75, 3.05) is 21.1 Å². The fraction of sp³-hybridized carbons (Fsp3) is 0.263. The first-order chi connectivity index (χ1) is 11.8. The third-order valence-electron chi connectivity index (χ3n) is 3.88. The Morgan fingerprint density at radius 3 is 2.54 bits per heavy atom. The number of azo groups is 1. The topological polar surface area (TPSA) is 59.6 Å². The van der Waals surface area contributed by atoms with Crippen molar-refractivity contribution in [1.29, 1.82) is 0 Å². The molecule has 0 N–H and O–H groups in total. The monoisotopic (exact) mass is 371 g/mol. The number of nitrogens with zero attached hydrogens (tertiary/aromatic N) is 5. The number of allylic oxidation sites excluding steroid dienone is 4. The van der Waals surface area contributed by atoms with Crippen LogP contribution < -0.4 is 16.9 Å². The summed E-state index contributed by atoms with van der Waals surface area (Å²) in [4.78, 5) is 11.7. The SMILES string of the molecule is CC1=CC(n2cc(N=Nc3cccc([N+](C)(C)C)c3)cn2)=CC(=O)C1.[Cl-]. The second-order valence-electron chi connectivity index (χ2n) is 7.08. The lowest BCUT2D eigenvalue weighted by atomic mass is 10.0. The molecule has 6 nitrogen and oxygen atoms in total. The van der Waals surface area contributed by atoms with Gasteiger partial charge in [-0.3, -0.25) is 9.28 Å². The number of aromatic nitrogens is 2. The minimum Gasteiger partial charge on any atom is -1.00 e. The van der Waals surface area contributed by atoms with E-state index in [1.54, 1.807) is 23.2 Å². The van der Waals surface area contributed by atoms with Gasteiger partial charge in [-0.25, -0.2) is 4.68 Å². The van der Waals surface area contributed by atoms with Gasteiger partial charge in [0.15, 0.2) is 5.78 Å². The average Bonchev–Trinajstić information content (AvgIpc) is 3.00. The Morgan fingerprint density at radius 1 is 1.12 bits per heavy atom. The van der Waals surface area contributed by atoms with Gasteiger partial charge >= 0.3 is 0 Å². The number of carbonyl (C=O) groups excluding carboxylic acids is 1. The van der Waals surface area contributed by atoms with Crippen molar-refractivity contribution in [2.24, 2.45) is 10.2 Å². The molecule has 0 atom stereocenters. The Bertz CT molecular complexity index is 903. The highest BCUT2D eigenvalue weighted by Crippen LogP contribution is 2.25. The maximum atomic E-state index is 11.7. The molecule has 0 amide bonds. The van der Waals surface area contributed by atoms with E-state index in [1.165, 1.54) is 0 Å². The maximum Gasteiger partial charge on any atom is 0.161 e. The minimum absolute atomic E-state index is 0. The molecule has 0 saturated carbocycles. The van der Waals surface area contributed by atoms with Crippen molar-refractivity contribution in [2.45, 2.75) is 13.3 Å². The van der Waals surface area contributed by atoms with Crippen LogP contribution in [0, 0.1) is 0 Å². The van der Waals surface area contributed by atoms with E-state index in [-0.39, 0.29) is 18.2 Å². The number of benzene rings is 1. The summed E-state index contributed by atoms with van der Waals surface area (Å²) in [6.07, 6.45) is 7.43. The molecule has 0 fully saturated rings. The van der Waals surface area contributed by atoms with E-state index in [2.05, 4.69) is 42.5 Å². The molecule has 26 heavy (non-hydrogen) atoms. The van der Waals surface area contributed by atoms with Gasteiger partial charge in [0.05, 0.1) is 44.9 Å². The molecule has 7 heteroatoms. The molecule has 1 aromatic heterocycles. The molecule has 1 aliphatic carbocycles. The molecule has 0 saturated heterocycles. The summed E-state index contributed by atoms with van der Waals surface area (Å²) in [7, 11) is 6.32. The Hall–Kier alpha value is -2.57. The standard InChI is InChI=1S/C19H22N5O.ClH/c1-14-8-17(11-19(25)9-14)23-13-16(12-20-23)22-21-15-6-5-7-18(10-15)24(2,3)4;/h5-8,10-13H,9H2,1-4H3;1H/q+1;/p-1. The molecular weight excluding hydrogens is 350 g/mol.